The molecule has 3 atom stereocenters. The molecule has 108 valence electrons. The van der Waals surface area contributed by atoms with E-state index < -0.39 is 0 Å². The lowest BCUT2D eigenvalue weighted by Crippen LogP contribution is -2.53. The molecule has 0 spiro atoms. The van der Waals surface area contributed by atoms with E-state index in [1.165, 1.54) is 32.2 Å². The van der Waals surface area contributed by atoms with Crippen molar-refractivity contribution in [2.24, 2.45) is 0 Å². The molecule has 1 aliphatic carbocycles. The van der Waals surface area contributed by atoms with Crippen molar-refractivity contribution < 1.29 is 0 Å². The van der Waals surface area contributed by atoms with Crippen molar-refractivity contribution in [2.75, 3.05) is 34.2 Å². The minimum atomic E-state index is -0.284. The summed E-state index contributed by atoms with van der Waals surface area (Å²) in [4.78, 5) is 4.98. The molecule has 0 amide bonds. The van der Waals surface area contributed by atoms with E-state index >= 15 is 0 Å². The molecule has 2 fully saturated rings. The third-order valence-electron chi connectivity index (χ3n) is 4.89. The van der Waals surface area contributed by atoms with E-state index in [0.29, 0.717) is 12.1 Å². The van der Waals surface area contributed by atoms with Crippen LogP contribution in [0.3, 0.4) is 0 Å². The first kappa shape index (κ1) is 14.8. The summed E-state index contributed by atoms with van der Waals surface area (Å²) in [5.74, 6) is 0. The van der Waals surface area contributed by atoms with Crippen LogP contribution in [0.1, 0.15) is 38.5 Å². The number of hydrogen-bond donors (Lipinski definition) is 1. The third kappa shape index (κ3) is 3.28. The van der Waals surface area contributed by atoms with Gasteiger partial charge in [-0.2, -0.15) is 5.26 Å². The Bertz CT molecular complexity index is 336. The molecular weight excluding hydrogens is 236 g/mol. The second-order valence-corrected chi connectivity index (χ2v) is 6.49. The van der Waals surface area contributed by atoms with Crippen molar-refractivity contribution in [2.45, 2.75) is 56.1 Å². The fourth-order valence-corrected chi connectivity index (χ4v) is 3.87. The van der Waals surface area contributed by atoms with E-state index in [1.807, 2.05) is 7.05 Å². The molecule has 4 heteroatoms. The van der Waals surface area contributed by atoms with Crippen LogP contribution in [0.15, 0.2) is 0 Å². The first-order valence-corrected chi connectivity index (χ1v) is 7.61. The Morgan fingerprint density at radius 1 is 1.37 bits per heavy atom. The summed E-state index contributed by atoms with van der Waals surface area (Å²) in [6.45, 7) is 2.37. The van der Waals surface area contributed by atoms with Gasteiger partial charge in [-0.1, -0.05) is 0 Å². The maximum absolute atomic E-state index is 9.47. The Balaban J connectivity index is 2.02. The summed E-state index contributed by atoms with van der Waals surface area (Å²) in [6.07, 6.45) is 7.05. The van der Waals surface area contributed by atoms with Gasteiger partial charge >= 0.3 is 0 Å². The van der Waals surface area contributed by atoms with Crippen LogP contribution in [0.2, 0.25) is 0 Å². The zero-order valence-electron chi connectivity index (χ0n) is 12.7. The van der Waals surface area contributed by atoms with E-state index in [-0.39, 0.29) is 5.54 Å². The second-order valence-electron chi connectivity index (χ2n) is 6.49. The SMILES string of the molecule is CNC1(C#N)CCCC(N2CCCC2CN(C)C)C1. The maximum Gasteiger partial charge on any atom is 0.108 e. The van der Waals surface area contributed by atoms with Gasteiger partial charge in [-0.3, -0.25) is 4.90 Å². The predicted octanol–water partition coefficient (Wildman–Crippen LogP) is 1.44. The topological polar surface area (TPSA) is 42.3 Å². The van der Waals surface area contributed by atoms with Gasteiger partial charge in [0.05, 0.1) is 6.07 Å². The van der Waals surface area contributed by atoms with E-state index in [1.54, 1.807) is 0 Å². The van der Waals surface area contributed by atoms with Crippen molar-refractivity contribution >= 4 is 0 Å². The second kappa shape index (κ2) is 6.21. The Hall–Kier alpha value is -0.630. The Kier molecular flexibility index (Phi) is 4.83. The van der Waals surface area contributed by atoms with Crippen molar-refractivity contribution in [3.8, 4) is 6.07 Å². The first-order valence-electron chi connectivity index (χ1n) is 7.61. The summed E-state index contributed by atoms with van der Waals surface area (Å²) in [5.41, 5.74) is -0.284. The Morgan fingerprint density at radius 2 is 2.16 bits per heavy atom. The number of nitrogens with one attached hydrogen (secondary N) is 1. The highest BCUT2D eigenvalue weighted by molar-refractivity contribution is 5.11. The molecule has 0 aromatic heterocycles. The Morgan fingerprint density at radius 3 is 2.79 bits per heavy atom. The lowest BCUT2D eigenvalue weighted by Gasteiger charge is -2.42. The number of hydrogen-bond acceptors (Lipinski definition) is 4. The van der Waals surface area contributed by atoms with Crippen LogP contribution >= 0.6 is 0 Å². The average molecular weight is 264 g/mol. The lowest BCUT2D eigenvalue weighted by atomic mass is 9.79. The smallest absolute Gasteiger partial charge is 0.108 e. The van der Waals surface area contributed by atoms with Crippen molar-refractivity contribution in [1.82, 2.24) is 15.1 Å². The van der Waals surface area contributed by atoms with Crippen LogP contribution in [0, 0.1) is 11.3 Å². The van der Waals surface area contributed by atoms with Crippen LogP contribution < -0.4 is 5.32 Å². The summed E-state index contributed by atoms with van der Waals surface area (Å²) < 4.78 is 0. The number of likely N-dealkylation sites (N-methyl/N-ethyl adjacent to an activating group) is 1. The van der Waals surface area contributed by atoms with Gasteiger partial charge in [0.25, 0.3) is 0 Å². The highest BCUT2D eigenvalue weighted by Crippen LogP contribution is 2.34. The minimum Gasteiger partial charge on any atom is -0.308 e. The van der Waals surface area contributed by atoms with Gasteiger partial charge in [0, 0.05) is 18.6 Å². The molecule has 2 aliphatic rings. The van der Waals surface area contributed by atoms with E-state index in [2.05, 4.69) is 35.3 Å². The quantitative estimate of drug-likeness (QED) is 0.834. The van der Waals surface area contributed by atoms with Gasteiger partial charge in [0.2, 0.25) is 0 Å². The average Bonchev–Trinajstić information content (AvgIpc) is 2.86. The van der Waals surface area contributed by atoms with Crippen LogP contribution in [-0.2, 0) is 0 Å². The van der Waals surface area contributed by atoms with Crippen LogP contribution in [0.25, 0.3) is 0 Å². The largest absolute Gasteiger partial charge is 0.308 e. The Labute approximate surface area is 117 Å². The number of rotatable bonds is 4. The third-order valence-corrected chi connectivity index (χ3v) is 4.89. The molecule has 1 heterocycles. The number of likely N-dealkylation sites (tertiary alicyclic amines) is 1. The normalized spacial score (nSPS) is 36.6. The summed E-state index contributed by atoms with van der Waals surface area (Å²) in [7, 11) is 6.25. The van der Waals surface area contributed by atoms with Crippen LogP contribution in [0.5, 0.6) is 0 Å². The molecule has 1 aliphatic heterocycles. The van der Waals surface area contributed by atoms with Gasteiger partial charge in [0.1, 0.15) is 5.54 Å². The van der Waals surface area contributed by atoms with Crippen molar-refractivity contribution in [3.05, 3.63) is 0 Å². The van der Waals surface area contributed by atoms with E-state index in [9.17, 15) is 5.26 Å². The van der Waals surface area contributed by atoms with Gasteiger partial charge in [-0.15, -0.1) is 0 Å². The highest BCUT2D eigenvalue weighted by atomic mass is 15.2. The molecular formula is C15H28N4. The first-order chi connectivity index (χ1) is 9.10. The zero-order valence-corrected chi connectivity index (χ0v) is 12.7. The van der Waals surface area contributed by atoms with Crippen molar-refractivity contribution in [3.63, 3.8) is 0 Å². The van der Waals surface area contributed by atoms with E-state index in [4.69, 9.17) is 0 Å². The minimum absolute atomic E-state index is 0.284. The molecule has 19 heavy (non-hydrogen) atoms. The molecule has 1 N–H and O–H groups in total. The molecule has 3 unspecified atom stereocenters. The summed E-state index contributed by atoms with van der Waals surface area (Å²) >= 11 is 0. The molecule has 0 aromatic carbocycles. The van der Waals surface area contributed by atoms with Crippen LogP contribution in [0.4, 0.5) is 0 Å². The van der Waals surface area contributed by atoms with Gasteiger partial charge in [0.15, 0.2) is 0 Å². The highest BCUT2D eigenvalue weighted by Gasteiger charge is 2.40. The summed E-state index contributed by atoms with van der Waals surface area (Å²) in [6, 6.07) is 3.81. The predicted molar refractivity (Wildman–Crippen MR) is 77.9 cm³/mol. The molecule has 0 aromatic rings. The van der Waals surface area contributed by atoms with Gasteiger partial charge in [-0.05, 0) is 66.2 Å². The molecule has 4 nitrogen and oxygen atoms in total. The molecule has 1 saturated heterocycles. The van der Waals surface area contributed by atoms with Crippen LogP contribution in [-0.4, -0.2) is 61.7 Å². The van der Waals surface area contributed by atoms with Gasteiger partial charge in [-0.25, -0.2) is 0 Å². The fourth-order valence-electron chi connectivity index (χ4n) is 3.87. The molecule has 2 rings (SSSR count). The monoisotopic (exact) mass is 264 g/mol. The van der Waals surface area contributed by atoms with Gasteiger partial charge < -0.3 is 10.2 Å². The molecule has 0 bridgehead atoms. The lowest BCUT2D eigenvalue weighted by molar-refractivity contribution is 0.0982. The molecule has 0 radical (unpaired) electrons. The summed E-state index contributed by atoms with van der Waals surface area (Å²) in [5, 5.41) is 12.8. The van der Waals surface area contributed by atoms with E-state index in [0.717, 1.165) is 19.4 Å². The maximum atomic E-state index is 9.47. The molecule has 1 saturated carbocycles. The number of nitriles is 1. The fraction of sp³-hybridized carbons (Fsp3) is 0.933. The standard InChI is InChI=1S/C15H28N4/c1-17-15(12-16)8-4-6-13(10-15)19-9-5-7-14(19)11-18(2)3/h13-14,17H,4-11H2,1-3H3. The number of nitrogens with zero attached hydrogens (tertiary/aromatic N) is 3. The van der Waals surface area contributed by atoms with Crippen molar-refractivity contribution in [1.29, 1.82) is 5.26 Å². The zero-order chi connectivity index (χ0) is 13.9.